The average Bonchev–Trinajstić information content (AvgIpc) is 2.18. The van der Waals surface area contributed by atoms with Crippen molar-refractivity contribution in [1.29, 1.82) is 0 Å². The first-order chi connectivity index (χ1) is 6.97. The third-order valence-electron chi connectivity index (χ3n) is 2.22. The molecule has 1 unspecified atom stereocenters. The fraction of sp³-hybridized carbons (Fsp3) is 0.545. The van der Waals surface area contributed by atoms with Crippen molar-refractivity contribution < 1.29 is 9.84 Å². The molecule has 4 nitrogen and oxygen atoms in total. The average molecular weight is 210 g/mol. The van der Waals surface area contributed by atoms with E-state index in [0.717, 1.165) is 5.56 Å². The Bertz CT molecular complexity index is 337. The van der Waals surface area contributed by atoms with Crippen molar-refractivity contribution in [2.75, 3.05) is 18.9 Å². The number of aryl methyl sites for hydroxylation is 1. The van der Waals surface area contributed by atoms with Crippen LogP contribution in [0.5, 0.6) is 0 Å². The van der Waals surface area contributed by atoms with Gasteiger partial charge in [-0.05, 0) is 32.4 Å². The lowest BCUT2D eigenvalue weighted by Crippen LogP contribution is -2.29. The maximum Gasteiger partial charge on any atom is 0.129 e. The fourth-order valence-electron chi connectivity index (χ4n) is 1.39. The van der Waals surface area contributed by atoms with E-state index in [0.29, 0.717) is 18.0 Å². The molecular formula is C11H18N2O2. The second-order valence-electron chi connectivity index (χ2n) is 3.86. The molecule has 1 aromatic heterocycles. The smallest absolute Gasteiger partial charge is 0.129 e. The molecule has 0 aromatic carbocycles. The van der Waals surface area contributed by atoms with Crippen molar-refractivity contribution in [2.45, 2.75) is 26.4 Å². The summed E-state index contributed by atoms with van der Waals surface area (Å²) in [6.45, 7) is 6.25. The summed E-state index contributed by atoms with van der Waals surface area (Å²) in [6, 6.07) is 1.83. The van der Waals surface area contributed by atoms with Crippen molar-refractivity contribution in [3.05, 3.63) is 23.4 Å². The zero-order valence-electron chi connectivity index (χ0n) is 9.45. The van der Waals surface area contributed by atoms with E-state index < -0.39 is 5.60 Å². The molecule has 0 aliphatic rings. The molecule has 15 heavy (non-hydrogen) atoms. The van der Waals surface area contributed by atoms with Gasteiger partial charge in [0.25, 0.3) is 0 Å². The quantitative estimate of drug-likeness (QED) is 0.784. The second-order valence-corrected chi connectivity index (χ2v) is 3.86. The first-order valence-corrected chi connectivity index (χ1v) is 5.00. The van der Waals surface area contributed by atoms with Crippen molar-refractivity contribution >= 4 is 5.82 Å². The molecule has 0 radical (unpaired) electrons. The van der Waals surface area contributed by atoms with Gasteiger partial charge in [0.05, 0.1) is 6.61 Å². The van der Waals surface area contributed by atoms with E-state index in [1.807, 2.05) is 19.9 Å². The maximum absolute atomic E-state index is 10.2. The summed E-state index contributed by atoms with van der Waals surface area (Å²) in [5.74, 6) is 0.352. The van der Waals surface area contributed by atoms with Crippen LogP contribution in [-0.2, 0) is 10.3 Å². The molecule has 1 atom stereocenters. The highest BCUT2D eigenvalue weighted by Gasteiger charge is 2.26. The molecule has 84 valence electrons. The van der Waals surface area contributed by atoms with Crippen LogP contribution in [0.25, 0.3) is 0 Å². The lowest BCUT2D eigenvalue weighted by molar-refractivity contribution is -0.0340. The Balaban J connectivity index is 2.97. The van der Waals surface area contributed by atoms with Crippen LogP contribution < -0.4 is 5.73 Å². The number of hydrogen-bond acceptors (Lipinski definition) is 4. The molecule has 0 bridgehead atoms. The van der Waals surface area contributed by atoms with Crippen LogP contribution in [0.1, 0.15) is 25.0 Å². The molecule has 0 aliphatic carbocycles. The van der Waals surface area contributed by atoms with Gasteiger partial charge in [-0.3, -0.25) is 0 Å². The minimum atomic E-state index is -1.08. The number of aromatic nitrogens is 1. The summed E-state index contributed by atoms with van der Waals surface area (Å²) < 4.78 is 5.21. The molecule has 0 amide bonds. The molecule has 1 aromatic rings. The van der Waals surface area contributed by atoms with Crippen LogP contribution in [-0.4, -0.2) is 23.3 Å². The van der Waals surface area contributed by atoms with Gasteiger partial charge in [0, 0.05) is 18.4 Å². The number of ether oxygens (including phenoxy) is 1. The molecule has 0 saturated heterocycles. The Morgan fingerprint density at radius 2 is 2.27 bits per heavy atom. The zero-order chi connectivity index (χ0) is 11.5. The lowest BCUT2D eigenvalue weighted by Gasteiger charge is -2.24. The van der Waals surface area contributed by atoms with E-state index >= 15 is 0 Å². The van der Waals surface area contributed by atoms with Gasteiger partial charge in [-0.2, -0.15) is 0 Å². The number of nitrogens with zero attached hydrogens (tertiary/aromatic N) is 1. The number of nitrogens with two attached hydrogens (primary N) is 1. The first-order valence-electron chi connectivity index (χ1n) is 5.00. The maximum atomic E-state index is 10.2. The Kier molecular flexibility index (Phi) is 3.66. The molecular weight excluding hydrogens is 192 g/mol. The molecule has 4 heteroatoms. The molecule has 0 aliphatic heterocycles. The van der Waals surface area contributed by atoms with E-state index in [-0.39, 0.29) is 6.61 Å². The van der Waals surface area contributed by atoms with Crippen molar-refractivity contribution in [3.63, 3.8) is 0 Å². The number of nitrogen functional groups attached to an aromatic ring is 1. The van der Waals surface area contributed by atoms with E-state index in [4.69, 9.17) is 10.5 Å². The van der Waals surface area contributed by atoms with Crippen molar-refractivity contribution in [3.8, 4) is 0 Å². The van der Waals surface area contributed by atoms with E-state index in [9.17, 15) is 5.11 Å². The normalized spacial score (nSPS) is 14.9. The highest BCUT2D eigenvalue weighted by molar-refractivity contribution is 5.44. The predicted octanol–water partition coefficient (Wildman–Crippen LogP) is 1.22. The van der Waals surface area contributed by atoms with E-state index in [1.165, 1.54) is 0 Å². The van der Waals surface area contributed by atoms with Gasteiger partial charge in [-0.1, -0.05) is 0 Å². The van der Waals surface area contributed by atoms with Gasteiger partial charge in [0.15, 0.2) is 0 Å². The molecule has 0 spiro atoms. The summed E-state index contributed by atoms with van der Waals surface area (Å²) in [5, 5.41) is 10.2. The van der Waals surface area contributed by atoms with Crippen LogP contribution in [0, 0.1) is 6.92 Å². The number of aliphatic hydroxyl groups is 1. The third-order valence-corrected chi connectivity index (χ3v) is 2.22. The second kappa shape index (κ2) is 4.59. The molecule has 0 fully saturated rings. The minimum absolute atomic E-state index is 0.221. The van der Waals surface area contributed by atoms with Gasteiger partial charge >= 0.3 is 0 Å². The summed E-state index contributed by atoms with van der Waals surface area (Å²) >= 11 is 0. The zero-order valence-corrected chi connectivity index (χ0v) is 9.45. The molecule has 1 rings (SSSR count). The topological polar surface area (TPSA) is 68.4 Å². The predicted molar refractivity (Wildman–Crippen MR) is 59.5 cm³/mol. The van der Waals surface area contributed by atoms with Gasteiger partial charge in [0.2, 0.25) is 0 Å². The van der Waals surface area contributed by atoms with Crippen LogP contribution >= 0.6 is 0 Å². The third kappa shape index (κ3) is 2.91. The van der Waals surface area contributed by atoms with Crippen LogP contribution in [0.3, 0.4) is 0 Å². The first kappa shape index (κ1) is 11.9. The summed E-state index contributed by atoms with van der Waals surface area (Å²) in [6.07, 6.45) is 1.68. The van der Waals surface area contributed by atoms with Gasteiger partial charge < -0.3 is 15.6 Å². The standard InChI is InChI=1S/C11H18N2O2/c1-4-15-7-11(3,14)9-5-8(2)6-13-10(9)12/h5-6,14H,4,7H2,1-3H3,(H2,12,13). The Labute approximate surface area is 90.1 Å². The van der Waals surface area contributed by atoms with Gasteiger partial charge in [-0.15, -0.1) is 0 Å². The van der Waals surface area contributed by atoms with E-state index in [1.54, 1.807) is 13.1 Å². The SMILES string of the molecule is CCOCC(C)(O)c1cc(C)cnc1N. The molecule has 0 saturated carbocycles. The van der Waals surface area contributed by atoms with Gasteiger partial charge in [0.1, 0.15) is 11.4 Å². The number of pyridine rings is 1. The van der Waals surface area contributed by atoms with Crippen molar-refractivity contribution in [2.24, 2.45) is 0 Å². The summed E-state index contributed by atoms with van der Waals surface area (Å²) in [7, 11) is 0. The Hall–Kier alpha value is -1.13. The van der Waals surface area contributed by atoms with Crippen LogP contribution in [0.4, 0.5) is 5.82 Å². The van der Waals surface area contributed by atoms with Crippen LogP contribution in [0.2, 0.25) is 0 Å². The van der Waals surface area contributed by atoms with Crippen molar-refractivity contribution in [1.82, 2.24) is 4.98 Å². The Morgan fingerprint density at radius 3 is 2.87 bits per heavy atom. The number of hydrogen-bond donors (Lipinski definition) is 2. The largest absolute Gasteiger partial charge is 0.383 e. The number of rotatable bonds is 4. The molecule has 1 heterocycles. The molecule has 3 N–H and O–H groups in total. The van der Waals surface area contributed by atoms with Gasteiger partial charge in [-0.25, -0.2) is 4.98 Å². The highest BCUT2D eigenvalue weighted by Crippen LogP contribution is 2.25. The fourth-order valence-corrected chi connectivity index (χ4v) is 1.39. The summed E-state index contributed by atoms with van der Waals surface area (Å²) in [5.41, 5.74) is 6.23. The highest BCUT2D eigenvalue weighted by atomic mass is 16.5. The van der Waals surface area contributed by atoms with E-state index in [2.05, 4.69) is 4.98 Å². The van der Waals surface area contributed by atoms with Crippen LogP contribution in [0.15, 0.2) is 12.3 Å². The summed E-state index contributed by atoms with van der Waals surface area (Å²) in [4.78, 5) is 4.02. The lowest BCUT2D eigenvalue weighted by atomic mass is 9.96. The Morgan fingerprint density at radius 1 is 1.60 bits per heavy atom. The monoisotopic (exact) mass is 210 g/mol. The number of anilines is 1. The minimum Gasteiger partial charge on any atom is -0.383 e.